The number of ether oxygens (including phenoxy) is 2. The van der Waals surface area contributed by atoms with Gasteiger partial charge in [-0.1, -0.05) is 35.4 Å². The summed E-state index contributed by atoms with van der Waals surface area (Å²) in [4.78, 5) is 22.8. The van der Waals surface area contributed by atoms with Gasteiger partial charge in [0.15, 0.2) is 0 Å². The second kappa shape index (κ2) is 12.4. The van der Waals surface area contributed by atoms with Crippen LogP contribution in [0.25, 0.3) is 0 Å². The molecule has 0 fully saturated rings. The van der Waals surface area contributed by atoms with Crippen LogP contribution in [0, 0.1) is 11.8 Å². The molecule has 118 valence electrons. The fourth-order valence-corrected chi connectivity index (χ4v) is 4.09. The molecule has 2 unspecified atom stereocenters. The minimum absolute atomic E-state index is 0.00607. The standard InChI is InChI=1S/C14H26O4S2/c1-5-11(13(15)17-3)7-9-19-20-10-8-12(6-2)14(16)18-4/h11-12H,5-10H2,1-4H3. The van der Waals surface area contributed by atoms with E-state index < -0.39 is 0 Å². The molecule has 0 N–H and O–H groups in total. The fraction of sp³-hybridized carbons (Fsp3) is 0.857. The number of hydrogen-bond donors (Lipinski definition) is 0. The molecule has 20 heavy (non-hydrogen) atoms. The van der Waals surface area contributed by atoms with Crippen molar-refractivity contribution in [2.75, 3.05) is 25.7 Å². The Morgan fingerprint density at radius 3 is 1.45 bits per heavy atom. The highest BCUT2D eigenvalue weighted by molar-refractivity contribution is 8.76. The molecule has 6 heteroatoms. The van der Waals surface area contributed by atoms with Crippen LogP contribution >= 0.6 is 21.6 Å². The Morgan fingerprint density at radius 1 is 0.850 bits per heavy atom. The monoisotopic (exact) mass is 322 g/mol. The SMILES string of the molecule is CCC(CCSSCCC(CC)C(=O)OC)C(=O)OC. The first kappa shape index (κ1) is 19.6. The highest BCUT2D eigenvalue weighted by Gasteiger charge is 2.17. The maximum absolute atomic E-state index is 11.4. The quantitative estimate of drug-likeness (QED) is 0.329. The summed E-state index contributed by atoms with van der Waals surface area (Å²) in [6.07, 6.45) is 3.32. The van der Waals surface area contributed by atoms with Crippen LogP contribution < -0.4 is 0 Å². The van der Waals surface area contributed by atoms with Gasteiger partial charge in [0.1, 0.15) is 0 Å². The van der Waals surface area contributed by atoms with E-state index in [0.717, 1.165) is 37.2 Å². The summed E-state index contributed by atoms with van der Waals surface area (Å²) >= 11 is 0. The Labute approximate surface area is 130 Å². The van der Waals surface area contributed by atoms with Crippen LogP contribution in [-0.2, 0) is 19.1 Å². The predicted molar refractivity (Wildman–Crippen MR) is 85.7 cm³/mol. The van der Waals surface area contributed by atoms with Gasteiger partial charge < -0.3 is 9.47 Å². The lowest BCUT2D eigenvalue weighted by molar-refractivity contribution is -0.146. The second-order valence-electron chi connectivity index (χ2n) is 4.48. The smallest absolute Gasteiger partial charge is 0.308 e. The number of rotatable bonds is 11. The molecule has 0 aliphatic heterocycles. The maximum Gasteiger partial charge on any atom is 0.308 e. The van der Waals surface area contributed by atoms with E-state index in [1.807, 2.05) is 13.8 Å². The lowest BCUT2D eigenvalue weighted by atomic mass is 10.0. The Balaban J connectivity index is 3.71. The fourth-order valence-electron chi connectivity index (χ4n) is 1.81. The van der Waals surface area contributed by atoms with E-state index in [-0.39, 0.29) is 23.8 Å². The summed E-state index contributed by atoms with van der Waals surface area (Å²) in [5.41, 5.74) is 0. The van der Waals surface area contributed by atoms with Crippen molar-refractivity contribution in [3.8, 4) is 0 Å². The van der Waals surface area contributed by atoms with Crippen molar-refractivity contribution in [1.29, 1.82) is 0 Å². The minimum atomic E-state index is -0.116. The molecule has 0 saturated heterocycles. The number of esters is 2. The highest BCUT2D eigenvalue weighted by Crippen LogP contribution is 2.27. The number of carbonyl (C=O) groups is 2. The molecule has 0 aliphatic carbocycles. The third kappa shape index (κ3) is 8.04. The molecule has 0 amide bonds. The Morgan fingerprint density at radius 2 is 1.20 bits per heavy atom. The van der Waals surface area contributed by atoms with Crippen LogP contribution in [0.15, 0.2) is 0 Å². The average molecular weight is 322 g/mol. The Kier molecular flexibility index (Phi) is 12.2. The Bertz CT molecular complexity index is 256. The summed E-state index contributed by atoms with van der Waals surface area (Å²) in [7, 11) is 6.38. The molecule has 0 aromatic carbocycles. The molecule has 0 heterocycles. The zero-order chi connectivity index (χ0) is 15.4. The van der Waals surface area contributed by atoms with Gasteiger partial charge in [-0.2, -0.15) is 0 Å². The normalized spacial score (nSPS) is 13.6. The van der Waals surface area contributed by atoms with Crippen molar-refractivity contribution < 1.29 is 19.1 Å². The first-order chi connectivity index (χ1) is 9.60. The Hall–Kier alpha value is -0.360. The van der Waals surface area contributed by atoms with Crippen LogP contribution in [-0.4, -0.2) is 37.7 Å². The number of methoxy groups -OCH3 is 2. The van der Waals surface area contributed by atoms with Gasteiger partial charge in [-0.05, 0) is 25.7 Å². The van der Waals surface area contributed by atoms with E-state index in [2.05, 4.69) is 0 Å². The van der Waals surface area contributed by atoms with Crippen molar-refractivity contribution in [2.45, 2.75) is 39.5 Å². The summed E-state index contributed by atoms with van der Waals surface area (Å²) in [5.74, 6) is 1.63. The van der Waals surface area contributed by atoms with Gasteiger partial charge in [0, 0.05) is 11.5 Å². The van der Waals surface area contributed by atoms with E-state index in [4.69, 9.17) is 9.47 Å². The van der Waals surface area contributed by atoms with E-state index in [1.165, 1.54) is 14.2 Å². The van der Waals surface area contributed by atoms with E-state index in [9.17, 15) is 9.59 Å². The summed E-state index contributed by atoms with van der Waals surface area (Å²) in [6.45, 7) is 4.00. The number of carbonyl (C=O) groups excluding carboxylic acids is 2. The zero-order valence-corrected chi connectivity index (χ0v) is 14.5. The van der Waals surface area contributed by atoms with Gasteiger partial charge in [0.25, 0.3) is 0 Å². The van der Waals surface area contributed by atoms with Gasteiger partial charge >= 0.3 is 11.9 Å². The van der Waals surface area contributed by atoms with Crippen LogP contribution in [0.2, 0.25) is 0 Å². The van der Waals surface area contributed by atoms with Crippen molar-refractivity contribution in [3.05, 3.63) is 0 Å². The molecule has 0 saturated carbocycles. The molecular weight excluding hydrogens is 296 g/mol. The number of hydrogen-bond acceptors (Lipinski definition) is 6. The van der Waals surface area contributed by atoms with Crippen molar-refractivity contribution in [1.82, 2.24) is 0 Å². The molecule has 0 aromatic heterocycles. The van der Waals surface area contributed by atoms with Gasteiger partial charge in [-0.3, -0.25) is 9.59 Å². The van der Waals surface area contributed by atoms with Crippen molar-refractivity contribution in [2.24, 2.45) is 11.8 Å². The van der Waals surface area contributed by atoms with Crippen LogP contribution in [0.1, 0.15) is 39.5 Å². The molecule has 0 rings (SSSR count). The van der Waals surface area contributed by atoms with Crippen molar-refractivity contribution in [3.63, 3.8) is 0 Å². The third-order valence-electron chi connectivity index (χ3n) is 3.24. The van der Waals surface area contributed by atoms with E-state index >= 15 is 0 Å². The molecular formula is C14H26O4S2. The van der Waals surface area contributed by atoms with E-state index in [0.29, 0.717) is 0 Å². The largest absolute Gasteiger partial charge is 0.469 e. The molecule has 0 aliphatic rings. The molecule has 0 radical (unpaired) electrons. The molecule has 0 bridgehead atoms. The summed E-state index contributed by atoms with van der Waals surface area (Å²) in [6, 6.07) is 0. The zero-order valence-electron chi connectivity index (χ0n) is 12.8. The third-order valence-corrected chi connectivity index (χ3v) is 5.71. The first-order valence-electron chi connectivity index (χ1n) is 7.00. The van der Waals surface area contributed by atoms with Crippen LogP contribution in [0.4, 0.5) is 0 Å². The molecule has 0 aromatic rings. The lowest BCUT2D eigenvalue weighted by Crippen LogP contribution is -2.16. The minimum Gasteiger partial charge on any atom is -0.469 e. The molecule has 0 spiro atoms. The molecule has 4 nitrogen and oxygen atoms in total. The maximum atomic E-state index is 11.4. The van der Waals surface area contributed by atoms with Gasteiger partial charge in [-0.15, -0.1) is 0 Å². The topological polar surface area (TPSA) is 52.6 Å². The average Bonchev–Trinajstić information content (AvgIpc) is 2.48. The van der Waals surface area contributed by atoms with Gasteiger partial charge in [0.05, 0.1) is 26.1 Å². The van der Waals surface area contributed by atoms with Crippen LogP contribution in [0.5, 0.6) is 0 Å². The summed E-state index contributed by atoms with van der Waals surface area (Å²) in [5, 5.41) is 0. The van der Waals surface area contributed by atoms with Gasteiger partial charge in [-0.25, -0.2) is 0 Å². The van der Waals surface area contributed by atoms with Gasteiger partial charge in [0.2, 0.25) is 0 Å². The highest BCUT2D eigenvalue weighted by atomic mass is 33.1. The van der Waals surface area contributed by atoms with E-state index in [1.54, 1.807) is 21.6 Å². The van der Waals surface area contributed by atoms with Crippen molar-refractivity contribution >= 4 is 33.5 Å². The molecule has 2 atom stereocenters. The predicted octanol–water partition coefficient (Wildman–Crippen LogP) is 3.55. The van der Waals surface area contributed by atoms with Crippen LogP contribution in [0.3, 0.4) is 0 Å². The first-order valence-corrected chi connectivity index (χ1v) is 9.49. The lowest BCUT2D eigenvalue weighted by Gasteiger charge is -2.12. The second-order valence-corrected chi connectivity index (χ2v) is 7.18. The summed E-state index contributed by atoms with van der Waals surface area (Å²) < 4.78 is 9.52.